The van der Waals surface area contributed by atoms with Crippen molar-refractivity contribution in [2.24, 2.45) is 0 Å². The van der Waals surface area contributed by atoms with Crippen molar-refractivity contribution in [3.05, 3.63) is 63.9 Å². The number of benzene rings is 2. The van der Waals surface area contributed by atoms with E-state index in [1.807, 2.05) is 25.2 Å². The summed E-state index contributed by atoms with van der Waals surface area (Å²) >= 11 is 9.41. The summed E-state index contributed by atoms with van der Waals surface area (Å²) in [5, 5.41) is 0. The lowest BCUT2D eigenvalue weighted by atomic mass is 10.1. The van der Waals surface area contributed by atoms with Gasteiger partial charge in [-0.25, -0.2) is 4.39 Å². The van der Waals surface area contributed by atoms with Crippen molar-refractivity contribution in [1.82, 2.24) is 0 Å². The lowest BCUT2D eigenvalue weighted by Crippen LogP contribution is -2.18. The van der Waals surface area contributed by atoms with E-state index in [1.165, 1.54) is 17.7 Å². The Morgan fingerprint density at radius 3 is 2.58 bits per heavy atom. The van der Waals surface area contributed by atoms with Crippen molar-refractivity contribution < 1.29 is 4.39 Å². The number of hydrogen-bond donors (Lipinski definition) is 0. The Morgan fingerprint density at radius 1 is 1.16 bits per heavy atom. The molecule has 0 heterocycles. The highest BCUT2D eigenvalue weighted by atomic mass is 79.9. The molecule has 0 atom stereocenters. The minimum Gasteiger partial charge on any atom is -0.370 e. The molecule has 0 bridgehead atoms. The van der Waals surface area contributed by atoms with Crippen LogP contribution in [0.25, 0.3) is 0 Å². The zero-order chi connectivity index (χ0) is 13.8. The van der Waals surface area contributed by atoms with Gasteiger partial charge in [-0.05, 0) is 35.4 Å². The van der Waals surface area contributed by atoms with Gasteiger partial charge in [-0.3, -0.25) is 0 Å². The third kappa shape index (κ3) is 3.48. The van der Waals surface area contributed by atoms with Crippen molar-refractivity contribution in [3.8, 4) is 0 Å². The van der Waals surface area contributed by atoms with Gasteiger partial charge in [0, 0.05) is 29.6 Å². The Kier molecular flexibility index (Phi) is 4.83. The molecule has 2 rings (SSSR count). The molecule has 0 N–H and O–H groups in total. The minimum atomic E-state index is -0.256. The van der Waals surface area contributed by atoms with E-state index < -0.39 is 0 Å². The molecule has 4 heteroatoms. The van der Waals surface area contributed by atoms with Crippen molar-refractivity contribution in [2.75, 3.05) is 11.9 Å². The largest absolute Gasteiger partial charge is 0.370 e. The van der Waals surface area contributed by atoms with Crippen LogP contribution >= 0.6 is 27.5 Å². The normalized spacial score (nSPS) is 10.5. The maximum atomic E-state index is 13.2. The topological polar surface area (TPSA) is 3.24 Å². The van der Waals surface area contributed by atoms with E-state index in [1.54, 1.807) is 6.07 Å². The smallest absolute Gasteiger partial charge is 0.123 e. The summed E-state index contributed by atoms with van der Waals surface area (Å²) in [6.45, 7) is 0.733. The maximum absolute atomic E-state index is 13.2. The maximum Gasteiger partial charge on any atom is 0.123 e. The van der Waals surface area contributed by atoms with Crippen LogP contribution in [0.2, 0.25) is 0 Å². The lowest BCUT2D eigenvalue weighted by molar-refractivity contribution is 0.626. The fourth-order valence-electron chi connectivity index (χ4n) is 2.00. The second-order valence-corrected chi connectivity index (χ2v) is 5.48. The predicted molar refractivity (Wildman–Crippen MR) is 82.2 cm³/mol. The quantitative estimate of drug-likeness (QED) is 0.710. The Labute approximate surface area is 126 Å². The molecule has 2 aromatic rings. The van der Waals surface area contributed by atoms with Crippen LogP contribution in [0.15, 0.2) is 46.9 Å². The number of halogens is 3. The number of anilines is 1. The van der Waals surface area contributed by atoms with Crippen molar-refractivity contribution in [3.63, 3.8) is 0 Å². The van der Waals surface area contributed by atoms with Gasteiger partial charge in [0.15, 0.2) is 0 Å². The second kappa shape index (κ2) is 6.40. The number of hydrogen-bond acceptors (Lipinski definition) is 1. The summed E-state index contributed by atoms with van der Waals surface area (Å²) in [7, 11) is 1.97. The number of alkyl halides is 1. The van der Waals surface area contributed by atoms with Gasteiger partial charge in [0.2, 0.25) is 0 Å². The van der Waals surface area contributed by atoms with Gasteiger partial charge in [0.05, 0.1) is 0 Å². The third-order valence-electron chi connectivity index (χ3n) is 2.96. The van der Waals surface area contributed by atoms with Gasteiger partial charge in [0.1, 0.15) is 5.82 Å². The number of rotatable bonds is 4. The highest BCUT2D eigenvalue weighted by molar-refractivity contribution is 9.10. The average molecular weight is 343 g/mol. The van der Waals surface area contributed by atoms with Crippen LogP contribution in [0.1, 0.15) is 11.1 Å². The lowest BCUT2D eigenvalue weighted by Gasteiger charge is -2.22. The Hall–Kier alpha value is -1.06. The van der Waals surface area contributed by atoms with Gasteiger partial charge >= 0.3 is 0 Å². The van der Waals surface area contributed by atoms with E-state index in [9.17, 15) is 4.39 Å². The van der Waals surface area contributed by atoms with E-state index in [0.717, 1.165) is 22.3 Å². The monoisotopic (exact) mass is 341 g/mol. The standard InChI is InChI=1S/C15H14BrClFN/c1-19(10-11-4-2-3-5-14(11)16)15-7-6-13(18)8-12(15)9-17/h2-8H,9-10H2,1H3. The van der Waals surface area contributed by atoms with Crippen LogP contribution in [0.5, 0.6) is 0 Å². The molecule has 0 fully saturated rings. The van der Waals surface area contributed by atoms with Crippen molar-refractivity contribution >= 4 is 33.2 Å². The molecular weight excluding hydrogens is 329 g/mol. The summed E-state index contributed by atoms with van der Waals surface area (Å²) in [6, 6.07) is 12.8. The molecule has 0 saturated heterocycles. The van der Waals surface area contributed by atoms with E-state index in [-0.39, 0.29) is 5.82 Å². The van der Waals surface area contributed by atoms with E-state index in [2.05, 4.69) is 26.9 Å². The fourth-order valence-corrected chi connectivity index (χ4v) is 2.63. The van der Waals surface area contributed by atoms with Gasteiger partial charge in [0.25, 0.3) is 0 Å². The molecule has 0 aliphatic carbocycles. The molecule has 1 nitrogen and oxygen atoms in total. The highest BCUT2D eigenvalue weighted by Gasteiger charge is 2.10. The SMILES string of the molecule is CN(Cc1ccccc1Br)c1ccc(F)cc1CCl. The van der Waals surface area contributed by atoms with Crippen molar-refractivity contribution in [2.45, 2.75) is 12.4 Å². The first-order valence-corrected chi connectivity index (χ1v) is 7.23. The molecular formula is C15H14BrClFN. The van der Waals surface area contributed by atoms with E-state index in [4.69, 9.17) is 11.6 Å². The zero-order valence-corrected chi connectivity index (χ0v) is 12.9. The van der Waals surface area contributed by atoms with Crippen molar-refractivity contribution in [1.29, 1.82) is 0 Å². The second-order valence-electron chi connectivity index (χ2n) is 4.35. The molecule has 0 radical (unpaired) electrons. The van der Waals surface area contributed by atoms with Crippen LogP contribution in [-0.2, 0) is 12.4 Å². The van der Waals surface area contributed by atoms with Crippen LogP contribution in [0, 0.1) is 5.82 Å². The van der Waals surface area contributed by atoms with Crippen LogP contribution < -0.4 is 4.90 Å². The Bertz CT molecular complexity index is 574. The van der Waals surface area contributed by atoms with Crippen LogP contribution in [0.4, 0.5) is 10.1 Å². The zero-order valence-electron chi connectivity index (χ0n) is 10.5. The number of nitrogens with zero attached hydrogens (tertiary/aromatic N) is 1. The van der Waals surface area contributed by atoms with Gasteiger partial charge in [-0.15, -0.1) is 11.6 Å². The fraction of sp³-hybridized carbons (Fsp3) is 0.200. The molecule has 100 valence electrons. The molecule has 0 aromatic heterocycles. The summed E-state index contributed by atoms with van der Waals surface area (Å²) in [4.78, 5) is 2.07. The Balaban J connectivity index is 2.25. The third-order valence-corrected chi connectivity index (χ3v) is 4.02. The minimum absolute atomic E-state index is 0.256. The molecule has 19 heavy (non-hydrogen) atoms. The molecule has 0 unspecified atom stereocenters. The summed E-state index contributed by atoms with van der Waals surface area (Å²) in [5.41, 5.74) is 2.93. The van der Waals surface area contributed by atoms with E-state index in [0.29, 0.717) is 5.88 Å². The van der Waals surface area contributed by atoms with Crippen LogP contribution in [0.3, 0.4) is 0 Å². The molecule has 0 spiro atoms. The molecule has 0 amide bonds. The first kappa shape index (κ1) is 14.4. The first-order valence-electron chi connectivity index (χ1n) is 5.90. The summed E-state index contributed by atoms with van der Waals surface area (Å²) < 4.78 is 14.3. The van der Waals surface area contributed by atoms with Gasteiger partial charge in [-0.1, -0.05) is 34.1 Å². The predicted octanol–water partition coefficient (Wildman–Crippen LogP) is 4.96. The van der Waals surface area contributed by atoms with Crippen LogP contribution in [-0.4, -0.2) is 7.05 Å². The molecule has 0 aliphatic heterocycles. The highest BCUT2D eigenvalue weighted by Crippen LogP contribution is 2.25. The molecule has 2 aromatic carbocycles. The molecule has 0 saturated carbocycles. The molecule has 0 aliphatic rings. The van der Waals surface area contributed by atoms with E-state index >= 15 is 0 Å². The first-order chi connectivity index (χ1) is 9.11. The van der Waals surface area contributed by atoms with Gasteiger partial charge in [-0.2, -0.15) is 0 Å². The summed E-state index contributed by atoms with van der Waals surface area (Å²) in [5.74, 6) is 0.0432. The van der Waals surface area contributed by atoms with Gasteiger partial charge < -0.3 is 4.90 Å². The summed E-state index contributed by atoms with van der Waals surface area (Å²) in [6.07, 6.45) is 0. The Morgan fingerprint density at radius 2 is 1.89 bits per heavy atom. The average Bonchev–Trinajstić information content (AvgIpc) is 2.41.